The van der Waals surface area contributed by atoms with Crippen molar-refractivity contribution in [1.82, 2.24) is 14.7 Å². The number of hydrogen-bond acceptors (Lipinski definition) is 7. The molecular weight excluding hydrogens is 490 g/mol. The molecule has 0 N–H and O–H groups in total. The molecule has 1 spiro atoms. The lowest BCUT2D eigenvalue weighted by Gasteiger charge is -2.45. The lowest BCUT2D eigenvalue weighted by molar-refractivity contribution is -0.141. The van der Waals surface area contributed by atoms with E-state index >= 15 is 0 Å². The Kier molecular flexibility index (Phi) is 6.45. The predicted molar refractivity (Wildman–Crippen MR) is 135 cm³/mol. The van der Waals surface area contributed by atoms with E-state index in [1.54, 1.807) is 45.0 Å². The van der Waals surface area contributed by atoms with Gasteiger partial charge < -0.3 is 28.7 Å². The minimum atomic E-state index is -0.958. The van der Waals surface area contributed by atoms with Gasteiger partial charge in [0.15, 0.2) is 11.5 Å². The number of benzene rings is 2. The molecule has 38 heavy (non-hydrogen) atoms. The topological polar surface area (TPSA) is 97.9 Å². The molecule has 6 rings (SSSR count). The zero-order valence-corrected chi connectivity index (χ0v) is 21.4. The van der Waals surface area contributed by atoms with Crippen LogP contribution in [-0.2, 0) is 14.3 Å². The molecule has 0 saturated carbocycles. The maximum Gasteiger partial charge on any atom is 0.256 e. The fraction of sp³-hybridized carbons (Fsp3) is 0.464. The lowest BCUT2D eigenvalue weighted by atomic mass is 9.95. The number of aryl methyl sites for hydroxylation is 1. The first-order valence-electron chi connectivity index (χ1n) is 13.0. The summed E-state index contributed by atoms with van der Waals surface area (Å²) in [7, 11) is 0. The van der Waals surface area contributed by atoms with Crippen LogP contribution in [0, 0.1) is 6.92 Å². The quantitative estimate of drug-likeness (QED) is 0.610. The number of likely N-dealkylation sites (tertiary alicyclic amines) is 1. The number of fused-ring (bicyclic) bond motifs is 1. The Labute approximate surface area is 221 Å². The van der Waals surface area contributed by atoms with E-state index in [9.17, 15) is 14.4 Å². The third-order valence-corrected chi connectivity index (χ3v) is 7.84. The molecule has 1 atom stereocenters. The molecule has 10 nitrogen and oxygen atoms in total. The van der Waals surface area contributed by atoms with E-state index < -0.39 is 11.8 Å². The summed E-state index contributed by atoms with van der Waals surface area (Å²) < 4.78 is 22.5. The summed E-state index contributed by atoms with van der Waals surface area (Å²) in [5.41, 5.74) is 1.12. The molecule has 200 valence electrons. The van der Waals surface area contributed by atoms with Crippen molar-refractivity contribution in [3.05, 3.63) is 59.2 Å². The number of piperidine rings is 1. The van der Waals surface area contributed by atoms with Crippen molar-refractivity contribution in [1.29, 1.82) is 0 Å². The fourth-order valence-electron chi connectivity index (χ4n) is 5.66. The minimum Gasteiger partial charge on any atom is -0.454 e. The first kappa shape index (κ1) is 24.7. The summed E-state index contributed by atoms with van der Waals surface area (Å²) in [6, 6.07) is 11.8. The second kappa shape index (κ2) is 9.92. The van der Waals surface area contributed by atoms with Crippen LogP contribution in [0.15, 0.2) is 42.5 Å². The molecular formula is C28H31N3O7. The number of carbonyl (C=O) groups excluding carboxylic acids is 3. The first-order chi connectivity index (χ1) is 18.4. The van der Waals surface area contributed by atoms with Crippen LogP contribution in [0.2, 0.25) is 0 Å². The van der Waals surface area contributed by atoms with Gasteiger partial charge in [-0.15, -0.1) is 0 Å². The Morgan fingerprint density at radius 1 is 0.816 bits per heavy atom. The second-order valence-electron chi connectivity index (χ2n) is 10.1. The number of ether oxygens (including phenoxy) is 4. The SMILES string of the molecule is Cc1ccc(C(=O)N2[C@@H](C(=O)N3CCOCC3)COC23CCN(C(=O)c2ccc4c(c2)OCO4)CC3)cc1. The second-order valence-corrected chi connectivity index (χ2v) is 10.1. The van der Waals surface area contributed by atoms with Gasteiger partial charge in [0.05, 0.1) is 19.8 Å². The van der Waals surface area contributed by atoms with Crippen molar-refractivity contribution in [2.75, 3.05) is 52.8 Å². The number of nitrogens with zero attached hydrogens (tertiary/aromatic N) is 3. The van der Waals surface area contributed by atoms with E-state index in [4.69, 9.17) is 18.9 Å². The van der Waals surface area contributed by atoms with Gasteiger partial charge in [-0.2, -0.15) is 0 Å². The molecule has 0 bridgehead atoms. The van der Waals surface area contributed by atoms with E-state index in [0.29, 0.717) is 74.9 Å². The largest absolute Gasteiger partial charge is 0.454 e. The van der Waals surface area contributed by atoms with Crippen LogP contribution in [0.1, 0.15) is 39.1 Å². The first-order valence-corrected chi connectivity index (χ1v) is 13.0. The van der Waals surface area contributed by atoms with Gasteiger partial charge in [-0.05, 0) is 37.3 Å². The maximum atomic E-state index is 13.9. The maximum absolute atomic E-state index is 13.9. The van der Waals surface area contributed by atoms with E-state index in [1.807, 2.05) is 19.1 Å². The van der Waals surface area contributed by atoms with Crippen LogP contribution in [-0.4, -0.2) is 97.0 Å². The van der Waals surface area contributed by atoms with Gasteiger partial charge in [-0.25, -0.2) is 0 Å². The number of carbonyl (C=O) groups is 3. The Hall–Kier alpha value is -3.63. The van der Waals surface area contributed by atoms with Crippen LogP contribution in [0.25, 0.3) is 0 Å². The van der Waals surface area contributed by atoms with Crippen molar-refractivity contribution < 1.29 is 33.3 Å². The number of morpholine rings is 1. The van der Waals surface area contributed by atoms with Crippen molar-refractivity contribution in [2.45, 2.75) is 31.5 Å². The summed E-state index contributed by atoms with van der Waals surface area (Å²) in [4.78, 5) is 46.0. The van der Waals surface area contributed by atoms with Gasteiger partial charge in [0.1, 0.15) is 11.8 Å². The summed E-state index contributed by atoms with van der Waals surface area (Å²) in [5, 5.41) is 0. The Bertz CT molecular complexity index is 1230. The third-order valence-electron chi connectivity index (χ3n) is 7.84. The molecule has 3 fully saturated rings. The highest BCUT2D eigenvalue weighted by atomic mass is 16.7. The fourth-order valence-corrected chi connectivity index (χ4v) is 5.66. The molecule has 10 heteroatoms. The van der Waals surface area contributed by atoms with Gasteiger partial charge in [0.25, 0.3) is 11.8 Å². The van der Waals surface area contributed by atoms with Gasteiger partial charge >= 0.3 is 0 Å². The molecule has 3 amide bonds. The molecule has 4 aliphatic rings. The van der Waals surface area contributed by atoms with Crippen molar-refractivity contribution in [3.63, 3.8) is 0 Å². The number of amides is 3. The molecule has 4 heterocycles. The van der Waals surface area contributed by atoms with Gasteiger partial charge in [-0.1, -0.05) is 17.7 Å². The normalized spacial score (nSPS) is 22.1. The third kappa shape index (κ3) is 4.37. The van der Waals surface area contributed by atoms with Gasteiger partial charge in [0.2, 0.25) is 12.7 Å². The monoisotopic (exact) mass is 521 g/mol. The zero-order chi connectivity index (χ0) is 26.3. The van der Waals surface area contributed by atoms with Crippen molar-refractivity contribution in [3.8, 4) is 11.5 Å². The molecule has 2 aromatic carbocycles. The van der Waals surface area contributed by atoms with E-state index in [1.165, 1.54) is 0 Å². The molecule has 4 aliphatic heterocycles. The standard InChI is InChI=1S/C28H31N3O7/c1-19-2-4-20(5-3-19)26(33)31-22(27(34)30-12-14-35-15-13-30)17-38-28(31)8-10-29(11-9-28)25(32)21-6-7-23-24(16-21)37-18-36-23/h2-7,16,22H,8-15,17-18H2,1H3/t22-/m1/s1. The Morgan fingerprint density at radius 2 is 1.50 bits per heavy atom. The smallest absolute Gasteiger partial charge is 0.256 e. The Balaban J connectivity index is 1.23. The van der Waals surface area contributed by atoms with Gasteiger partial charge in [-0.3, -0.25) is 19.3 Å². The van der Waals surface area contributed by atoms with E-state index in [-0.39, 0.29) is 31.1 Å². The highest BCUT2D eigenvalue weighted by Crippen LogP contribution is 2.40. The van der Waals surface area contributed by atoms with E-state index in [2.05, 4.69) is 0 Å². The average Bonchev–Trinajstić information content (AvgIpc) is 3.58. The number of hydrogen-bond donors (Lipinski definition) is 0. The molecule has 0 aromatic heterocycles. The van der Waals surface area contributed by atoms with Gasteiger partial charge in [0, 0.05) is 50.1 Å². The molecule has 0 aliphatic carbocycles. The van der Waals surface area contributed by atoms with E-state index in [0.717, 1.165) is 5.56 Å². The molecule has 2 aromatic rings. The molecule has 3 saturated heterocycles. The van der Waals surface area contributed by atoms with Crippen LogP contribution < -0.4 is 9.47 Å². The van der Waals surface area contributed by atoms with Crippen molar-refractivity contribution >= 4 is 17.7 Å². The Morgan fingerprint density at radius 3 is 2.24 bits per heavy atom. The van der Waals surface area contributed by atoms with Crippen LogP contribution in [0.4, 0.5) is 0 Å². The van der Waals surface area contributed by atoms with Crippen LogP contribution in [0.5, 0.6) is 11.5 Å². The van der Waals surface area contributed by atoms with Crippen molar-refractivity contribution in [2.24, 2.45) is 0 Å². The minimum absolute atomic E-state index is 0.117. The summed E-state index contributed by atoms with van der Waals surface area (Å²) in [6.45, 7) is 4.97. The average molecular weight is 522 g/mol. The number of rotatable bonds is 3. The zero-order valence-electron chi connectivity index (χ0n) is 21.4. The molecule has 0 radical (unpaired) electrons. The summed E-state index contributed by atoms with van der Waals surface area (Å²) in [6.07, 6.45) is 0.821. The summed E-state index contributed by atoms with van der Waals surface area (Å²) in [5.74, 6) is 0.713. The lowest BCUT2D eigenvalue weighted by Crippen LogP contribution is -2.60. The highest BCUT2D eigenvalue weighted by Gasteiger charge is 2.55. The predicted octanol–water partition coefficient (Wildman–Crippen LogP) is 2.06. The highest BCUT2D eigenvalue weighted by molar-refractivity contribution is 5.99. The van der Waals surface area contributed by atoms with Crippen LogP contribution >= 0.6 is 0 Å². The molecule has 0 unspecified atom stereocenters. The van der Waals surface area contributed by atoms with Crippen LogP contribution in [0.3, 0.4) is 0 Å². The summed E-state index contributed by atoms with van der Waals surface area (Å²) >= 11 is 0.